The fraction of sp³-hybridized carbons (Fsp3) is 0.200. The Hall–Kier alpha value is -2.09. The van der Waals surface area contributed by atoms with E-state index in [0.29, 0.717) is 0 Å². The number of halogens is 1. The third-order valence-electron chi connectivity index (χ3n) is 1.81. The van der Waals surface area contributed by atoms with Crippen molar-refractivity contribution < 1.29 is 18.7 Å². The first-order chi connectivity index (χ1) is 7.15. The zero-order chi connectivity index (χ0) is 11.4. The lowest BCUT2D eigenvalue weighted by Gasteiger charge is -2.08. The SMILES string of the molecule is [C-]#[N+]c1ccc(OC)c(C(=O)OC)c1F. The summed E-state index contributed by atoms with van der Waals surface area (Å²) in [4.78, 5) is 14.2. The third-order valence-corrected chi connectivity index (χ3v) is 1.81. The van der Waals surface area contributed by atoms with Crippen LogP contribution in [0.1, 0.15) is 10.4 Å². The van der Waals surface area contributed by atoms with Crippen molar-refractivity contribution in [2.75, 3.05) is 14.2 Å². The normalized spacial score (nSPS) is 9.20. The van der Waals surface area contributed by atoms with Crippen molar-refractivity contribution in [1.29, 1.82) is 0 Å². The van der Waals surface area contributed by atoms with Gasteiger partial charge in [0.1, 0.15) is 17.1 Å². The van der Waals surface area contributed by atoms with E-state index in [1.165, 1.54) is 19.2 Å². The Morgan fingerprint density at radius 2 is 2.13 bits per heavy atom. The highest BCUT2D eigenvalue weighted by Crippen LogP contribution is 2.29. The molecule has 1 rings (SSSR count). The molecule has 0 unspecified atom stereocenters. The molecule has 0 amide bonds. The maximum absolute atomic E-state index is 13.6. The highest BCUT2D eigenvalue weighted by molar-refractivity contribution is 5.94. The van der Waals surface area contributed by atoms with Crippen LogP contribution in [-0.2, 0) is 4.74 Å². The fourth-order valence-electron chi connectivity index (χ4n) is 1.10. The number of rotatable bonds is 2. The highest BCUT2D eigenvalue weighted by Gasteiger charge is 2.21. The molecular weight excluding hydrogens is 201 g/mol. The Bertz CT molecular complexity index is 437. The summed E-state index contributed by atoms with van der Waals surface area (Å²) in [5, 5.41) is 0. The first kappa shape index (κ1) is 11.0. The molecular formula is C10H8FNO3. The van der Waals surface area contributed by atoms with Crippen molar-refractivity contribution in [3.8, 4) is 5.75 Å². The van der Waals surface area contributed by atoms with Crippen molar-refractivity contribution in [2.45, 2.75) is 0 Å². The van der Waals surface area contributed by atoms with E-state index < -0.39 is 11.8 Å². The summed E-state index contributed by atoms with van der Waals surface area (Å²) in [6.07, 6.45) is 0. The number of ether oxygens (including phenoxy) is 2. The maximum atomic E-state index is 13.6. The molecule has 1 aromatic carbocycles. The molecule has 1 aromatic rings. The molecule has 0 N–H and O–H groups in total. The second-order valence-corrected chi connectivity index (χ2v) is 2.58. The van der Waals surface area contributed by atoms with Crippen LogP contribution in [0.2, 0.25) is 0 Å². The van der Waals surface area contributed by atoms with Gasteiger partial charge in [-0.05, 0) is 12.1 Å². The molecule has 5 heteroatoms. The number of hydrogen-bond acceptors (Lipinski definition) is 3. The summed E-state index contributed by atoms with van der Waals surface area (Å²) in [6.45, 7) is 6.70. The van der Waals surface area contributed by atoms with Crippen LogP contribution in [-0.4, -0.2) is 20.2 Å². The van der Waals surface area contributed by atoms with Crippen molar-refractivity contribution in [3.63, 3.8) is 0 Å². The van der Waals surface area contributed by atoms with Gasteiger partial charge in [0.15, 0.2) is 0 Å². The minimum Gasteiger partial charge on any atom is -0.496 e. The number of carbonyl (C=O) groups is 1. The van der Waals surface area contributed by atoms with E-state index in [9.17, 15) is 9.18 Å². The van der Waals surface area contributed by atoms with Gasteiger partial charge < -0.3 is 9.47 Å². The molecule has 0 bridgehead atoms. The summed E-state index contributed by atoms with van der Waals surface area (Å²) in [5.41, 5.74) is -0.593. The summed E-state index contributed by atoms with van der Waals surface area (Å²) in [5.74, 6) is -1.74. The van der Waals surface area contributed by atoms with Crippen molar-refractivity contribution in [2.24, 2.45) is 0 Å². The minimum absolute atomic E-state index is 0.0479. The van der Waals surface area contributed by atoms with E-state index in [4.69, 9.17) is 11.3 Å². The summed E-state index contributed by atoms with van der Waals surface area (Å²) in [6, 6.07) is 2.59. The molecule has 0 aliphatic rings. The van der Waals surface area contributed by atoms with Gasteiger partial charge in [0.05, 0.1) is 20.8 Å². The largest absolute Gasteiger partial charge is 0.496 e. The van der Waals surface area contributed by atoms with Crippen molar-refractivity contribution >= 4 is 11.7 Å². The lowest BCUT2D eigenvalue weighted by Crippen LogP contribution is -2.07. The molecule has 0 spiro atoms. The molecule has 0 radical (unpaired) electrons. The Kier molecular flexibility index (Phi) is 3.24. The number of esters is 1. The minimum atomic E-state index is -0.920. The topological polar surface area (TPSA) is 39.9 Å². The van der Waals surface area contributed by atoms with Crippen LogP contribution >= 0.6 is 0 Å². The average Bonchev–Trinajstić information content (AvgIpc) is 2.27. The van der Waals surface area contributed by atoms with E-state index in [0.717, 1.165) is 7.11 Å². The molecule has 0 saturated carbocycles. The van der Waals surface area contributed by atoms with Crippen LogP contribution in [0, 0.1) is 12.4 Å². The van der Waals surface area contributed by atoms with Crippen LogP contribution in [0.4, 0.5) is 10.1 Å². The van der Waals surface area contributed by atoms with E-state index in [1.54, 1.807) is 0 Å². The van der Waals surface area contributed by atoms with Crippen LogP contribution in [0.3, 0.4) is 0 Å². The van der Waals surface area contributed by atoms with Gasteiger partial charge in [0, 0.05) is 0 Å². The Labute approximate surface area is 86.0 Å². The van der Waals surface area contributed by atoms with Crippen molar-refractivity contribution in [3.05, 3.63) is 34.9 Å². The monoisotopic (exact) mass is 209 g/mol. The summed E-state index contributed by atoms with van der Waals surface area (Å²) < 4.78 is 22.8. The number of nitrogens with zero attached hydrogens (tertiary/aromatic N) is 1. The van der Waals surface area contributed by atoms with E-state index in [-0.39, 0.29) is 17.0 Å². The van der Waals surface area contributed by atoms with Gasteiger partial charge in [0.25, 0.3) is 0 Å². The molecule has 0 aliphatic heterocycles. The Morgan fingerprint density at radius 3 is 2.60 bits per heavy atom. The number of benzene rings is 1. The molecule has 0 aromatic heterocycles. The van der Waals surface area contributed by atoms with E-state index in [1.807, 2.05) is 0 Å². The fourth-order valence-corrected chi connectivity index (χ4v) is 1.10. The van der Waals surface area contributed by atoms with Gasteiger partial charge in [-0.1, -0.05) is 0 Å². The van der Waals surface area contributed by atoms with Gasteiger partial charge in [-0.25, -0.2) is 14.0 Å². The number of hydrogen-bond donors (Lipinski definition) is 0. The summed E-state index contributed by atoms with van der Waals surface area (Å²) in [7, 11) is 2.43. The lowest BCUT2D eigenvalue weighted by molar-refractivity contribution is 0.0592. The zero-order valence-corrected chi connectivity index (χ0v) is 8.20. The molecule has 0 aliphatic carbocycles. The van der Waals surface area contributed by atoms with Crippen LogP contribution < -0.4 is 4.74 Å². The average molecular weight is 209 g/mol. The quantitative estimate of drug-likeness (QED) is 0.553. The zero-order valence-electron chi connectivity index (χ0n) is 8.20. The smallest absolute Gasteiger partial charge is 0.343 e. The molecule has 0 fully saturated rings. The number of methoxy groups -OCH3 is 2. The van der Waals surface area contributed by atoms with Crippen LogP contribution in [0.25, 0.3) is 4.85 Å². The molecule has 0 atom stereocenters. The van der Waals surface area contributed by atoms with E-state index >= 15 is 0 Å². The second-order valence-electron chi connectivity index (χ2n) is 2.58. The predicted octanol–water partition coefficient (Wildman–Crippen LogP) is 2.17. The highest BCUT2D eigenvalue weighted by atomic mass is 19.1. The van der Waals surface area contributed by atoms with Gasteiger partial charge in [0.2, 0.25) is 5.69 Å². The summed E-state index contributed by atoms with van der Waals surface area (Å²) >= 11 is 0. The van der Waals surface area contributed by atoms with E-state index in [2.05, 4.69) is 9.58 Å². The van der Waals surface area contributed by atoms with Gasteiger partial charge in [-0.3, -0.25) is 0 Å². The first-order valence-electron chi connectivity index (χ1n) is 3.98. The van der Waals surface area contributed by atoms with Crippen LogP contribution in [0.5, 0.6) is 5.75 Å². The molecule has 78 valence electrons. The van der Waals surface area contributed by atoms with Gasteiger partial charge in [-0.15, -0.1) is 0 Å². The number of carbonyl (C=O) groups excluding carboxylic acids is 1. The van der Waals surface area contributed by atoms with Crippen LogP contribution in [0.15, 0.2) is 12.1 Å². The molecule has 15 heavy (non-hydrogen) atoms. The first-order valence-corrected chi connectivity index (χ1v) is 3.98. The Morgan fingerprint density at radius 1 is 1.47 bits per heavy atom. The maximum Gasteiger partial charge on any atom is 0.343 e. The predicted molar refractivity (Wildman–Crippen MR) is 50.6 cm³/mol. The van der Waals surface area contributed by atoms with Crippen molar-refractivity contribution in [1.82, 2.24) is 0 Å². The standard InChI is InChI=1S/C10H8FNO3/c1-12-6-4-5-7(14-2)8(9(6)11)10(13)15-3/h4-5H,2-3H3. The molecule has 0 saturated heterocycles. The Balaban J connectivity index is 3.44. The van der Waals surface area contributed by atoms with Gasteiger partial charge >= 0.3 is 5.97 Å². The van der Waals surface area contributed by atoms with Gasteiger partial charge in [-0.2, -0.15) is 0 Å². The third kappa shape index (κ3) is 1.89. The second kappa shape index (κ2) is 4.42. The lowest BCUT2D eigenvalue weighted by atomic mass is 10.1. The molecule has 0 heterocycles. The molecule has 4 nitrogen and oxygen atoms in total.